The number of aliphatic hydroxyl groups is 1. The monoisotopic (exact) mass is 484 g/mol. The van der Waals surface area contributed by atoms with Gasteiger partial charge in [-0.2, -0.15) is 13.2 Å². The van der Waals surface area contributed by atoms with Gasteiger partial charge in [0.05, 0.1) is 12.6 Å². The van der Waals surface area contributed by atoms with Gasteiger partial charge in [0.2, 0.25) is 0 Å². The summed E-state index contributed by atoms with van der Waals surface area (Å²) in [5, 5.41) is 9.84. The lowest BCUT2D eigenvalue weighted by Crippen LogP contribution is -2.41. The number of nitrogens with zero attached hydrogens (tertiary/aromatic N) is 2. The number of aryl methyl sites for hydroxylation is 1. The Morgan fingerprint density at radius 1 is 1.11 bits per heavy atom. The largest absolute Gasteiger partial charge is 0.433 e. The van der Waals surface area contributed by atoms with E-state index in [9.17, 15) is 27.5 Å². The van der Waals surface area contributed by atoms with Gasteiger partial charge in [0.25, 0.3) is 5.91 Å². The molecule has 1 amide bonds. The third-order valence-corrected chi connectivity index (χ3v) is 6.88. The lowest BCUT2D eigenvalue weighted by Gasteiger charge is -2.37. The molecule has 0 unspecified atom stereocenters. The molecule has 3 aromatic rings. The molecule has 2 aliphatic rings. The second kappa shape index (κ2) is 8.75. The van der Waals surface area contributed by atoms with Crippen molar-refractivity contribution in [1.29, 1.82) is 0 Å². The number of carbonyl (C=O) groups excluding carboxylic acids is 1. The predicted octanol–water partition coefficient (Wildman–Crippen LogP) is 5.86. The average Bonchev–Trinajstić information content (AvgIpc) is 3.67. The maximum absolute atomic E-state index is 13.9. The number of carbonyl (C=O) groups is 1. The predicted molar refractivity (Wildman–Crippen MR) is 122 cm³/mol. The number of alkyl halides is 3. The fraction of sp³-hybridized carbons (Fsp3) is 0.333. The molecule has 8 heteroatoms. The lowest BCUT2D eigenvalue weighted by molar-refractivity contribution is -0.140. The first kappa shape index (κ1) is 23.5. The fourth-order valence-corrected chi connectivity index (χ4v) is 5.10. The zero-order chi connectivity index (χ0) is 24.9. The minimum absolute atomic E-state index is 0.110. The number of hydrogen-bond acceptors (Lipinski definition) is 3. The van der Waals surface area contributed by atoms with Crippen LogP contribution >= 0.6 is 0 Å². The van der Waals surface area contributed by atoms with Gasteiger partial charge in [0, 0.05) is 23.9 Å². The Morgan fingerprint density at radius 3 is 2.51 bits per heavy atom. The number of fused-ring (bicyclic) bond motifs is 1. The highest BCUT2D eigenvalue weighted by Gasteiger charge is 2.42. The third kappa shape index (κ3) is 4.31. The van der Waals surface area contributed by atoms with Crippen molar-refractivity contribution in [3.05, 3.63) is 88.0 Å². The van der Waals surface area contributed by atoms with E-state index in [2.05, 4.69) is 4.98 Å². The van der Waals surface area contributed by atoms with Crippen LogP contribution in [-0.2, 0) is 19.2 Å². The van der Waals surface area contributed by atoms with E-state index in [0.717, 1.165) is 24.6 Å². The summed E-state index contributed by atoms with van der Waals surface area (Å²) in [6.45, 7) is 1.59. The van der Waals surface area contributed by atoms with Crippen LogP contribution in [0.1, 0.15) is 57.2 Å². The Labute approximate surface area is 200 Å². The number of benzene rings is 2. The maximum Gasteiger partial charge on any atom is 0.433 e. The van der Waals surface area contributed by atoms with E-state index in [-0.39, 0.29) is 34.8 Å². The summed E-state index contributed by atoms with van der Waals surface area (Å²) in [4.78, 5) is 19.1. The van der Waals surface area contributed by atoms with Crippen LogP contribution in [0, 0.1) is 18.7 Å². The third-order valence-electron chi connectivity index (χ3n) is 6.88. The van der Waals surface area contributed by atoms with Crippen molar-refractivity contribution in [3.63, 3.8) is 0 Å². The molecule has 2 heterocycles. The van der Waals surface area contributed by atoms with Crippen LogP contribution in [0.4, 0.5) is 17.6 Å². The molecule has 0 bridgehead atoms. The van der Waals surface area contributed by atoms with Gasteiger partial charge in [-0.15, -0.1) is 0 Å². The molecule has 35 heavy (non-hydrogen) atoms. The van der Waals surface area contributed by atoms with Gasteiger partial charge < -0.3 is 10.0 Å². The van der Waals surface area contributed by atoms with Gasteiger partial charge in [0.15, 0.2) is 5.69 Å². The Hall–Kier alpha value is -3.26. The molecule has 4 nitrogen and oxygen atoms in total. The SMILES string of the molecule is Cc1cc([C@H](C2CC2)N2CCc3c(cc(CO)cc3-c3cccnc3C(F)(F)F)C2=O)ccc1F. The van der Waals surface area contributed by atoms with Crippen molar-refractivity contribution in [3.8, 4) is 11.1 Å². The minimum Gasteiger partial charge on any atom is -0.392 e. The number of pyridine rings is 1. The minimum atomic E-state index is -4.67. The number of aromatic nitrogens is 1. The Balaban J connectivity index is 1.61. The van der Waals surface area contributed by atoms with Crippen molar-refractivity contribution in [2.45, 2.75) is 45.0 Å². The molecular formula is C27H24F4N2O2. The van der Waals surface area contributed by atoms with Gasteiger partial charge in [-0.25, -0.2) is 4.39 Å². The molecule has 5 rings (SSSR count). The molecule has 182 valence electrons. The molecule has 1 saturated carbocycles. The van der Waals surface area contributed by atoms with Crippen molar-refractivity contribution in [2.75, 3.05) is 6.54 Å². The summed E-state index contributed by atoms with van der Waals surface area (Å²) in [6.07, 6.45) is -1.32. The van der Waals surface area contributed by atoms with Crippen LogP contribution < -0.4 is 0 Å². The molecule has 0 radical (unpaired) electrons. The molecule has 1 fully saturated rings. The Morgan fingerprint density at radius 2 is 1.86 bits per heavy atom. The smallest absolute Gasteiger partial charge is 0.392 e. The van der Waals surface area contributed by atoms with Crippen LogP contribution in [0.15, 0.2) is 48.7 Å². The summed E-state index contributed by atoms with van der Waals surface area (Å²) >= 11 is 0. The average molecular weight is 484 g/mol. The standard InChI is InChI=1S/C27H24F4N2O2/c1-15-11-18(6-7-23(15)28)24(17-4-5-17)33-10-8-19-21(12-16(14-34)13-22(19)26(33)35)20-3-2-9-32-25(20)27(29,30)31/h2-3,6-7,9,11-13,17,24,34H,4-5,8,10,14H2,1H3/t24-/m0/s1. The fourth-order valence-electron chi connectivity index (χ4n) is 5.10. The van der Waals surface area contributed by atoms with E-state index < -0.39 is 18.5 Å². The second-order valence-corrected chi connectivity index (χ2v) is 9.26. The van der Waals surface area contributed by atoms with Gasteiger partial charge in [0.1, 0.15) is 5.82 Å². The summed E-state index contributed by atoms with van der Waals surface area (Å²) in [5.41, 5.74) is 1.65. The van der Waals surface area contributed by atoms with Crippen LogP contribution in [0.3, 0.4) is 0 Å². The molecule has 1 aliphatic heterocycles. The van der Waals surface area contributed by atoms with E-state index in [1.54, 1.807) is 30.0 Å². The van der Waals surface area contributed by atoms with Crippen molar-refractivity contribution in [1.82, 2.24) is 9.88 Å². The molecule has 0 saturated heterocycles. The van der Waals surface area contributed by atoms with E-state index in [0.29, 0.717) is 35.2 Å². The molecule has 1 aromatic heterocycles. The van der Waals surface area contributed by atoms with Crippen LogP contribution in [0.2, 0.25) is 0 Å². The first-order valence-electron chi connectivity index (χ1n) is 11.5. The topological polar surface area (TPSA) is 53.4 Å². The van der Waals surface area contributed by atoms with Crippen molar-refractivity contribution in [2.24, 2.45) is 5.92 Å². The molecule has 0 spiro atoms. The quantitative estimate of drug-likeness (QED) is 0.462. The number of aliphatic hydroxyl groups excluding tert-OH is 1. The number of halogens is 4. The summed E-state index contributed by atoms with van der Waals surface area (Å²) in [6, 6.07) is 10.5. The Bertz CT molecular complexity index is 1300. The number of hydrogen-bond donors (Lipinski definition) is 1. The van der Waals surface area contributed by atoms with Crippen molar-refractivity contribution < 1.29 is 27.5 Å². The van der Waals surface area contributed by atoms with E-state index in [1.165, 1.54) is 24.3 Å². The molecule has 1 N–H and O–H groups in total. The summed E-state index contributed by atoms with van der Waals surface area (Å²) < 4.78 is 55.1. The number of rotatable bonds is 5. The van der Waals surface area contributed by atoms with E-state index >= 15 is 0 Å². The summed E-state index contributed by atoms with van der Waals surface area (Å²) in [5.74, 6) is -0.354. The van der Waals surface area contributed by atoms with Crippen molar-refractivity contribution >= 4 is 5.91 Å². The molecular weight excluding hydrogens is 460 g/mol. The zero-order valence-corrected chi connectivity index (χ0v) is 19.1. The highest BCUT2D eigenvalue weighted by molar-refractivity contribution is 5.99. The van der Waals surface area contributed by atoms with E-state index in [4.69, 9.17) is 0 Å². The molecule has 1 aliphatic carbocycles. The van der Waals surface area contributed by atoms with E-state index in [1.807, 2.05) is 0 Å². The first-order chi connectivity index (χ1) is 16.7. The van der Waals surface area contributed by atoms with Gasteiger partial charge in [-0.3, -0.25) is 9.78 Å². The van der Waals surface area contributed by atoms with Crippen LogP contribution in [-0.4, -0.2) is 27.4 Å². The normalized spacial score (nSPS) is 16.9. The lowest BCUT2D eigenvalue weighted by atomic mass is 9.86. The maximum atomic E-state index is 13.9. The summed E-state index contributed by atoms with van der Waals surface area (Å²) in [7, 11) is 0. The van der Waals surface area contributed by atoms with Crippen LogP contribution in [0.5, 0.6) is 0 Å². The highest BCUT2D eigenvalue weighted by Crippen LogP contribution is 2.47. The molecule has 1 atom stereocenters. The number of amides is 1. The van der Waals surface area contributed by atoms with Gasteiger partial charge >= 0.3 is 6.18 Å². The van der Waals surface area contributed by atoms with Crippen LogP contribution in [0.25, 0.3) is 11.1 Å². The van der Waals surface area contributed by atoms with Gasteiger partial charge in [-0.1, -0.05) is 18.2 Å². The zero-order valence-electron chi connectivity index (χ0n) is 19.1. The van der Waals surface area contributed by atoms with Gasteiger partial charge in [-0.05, 0) is 84.2 Å². The second-order valence-electron chi connectivity index (χ2n) is 9.26. The molecule has 2 aromatic carbocycles. The first-order valence-corrected chi connectivity index (χ1v) is 11.5. The Kier molecular flexibility index (Phi) is 5.87. The highest BCUT2D eigenvalue weighted by atomic mass is 19.4.